The largest absolute Gasteiger partial charge is 0.383 e. The molecule has 2 aromatic rings. The van der Waals surface area contributed by atoms with Crippen molar-refractivity contribution in [2.75, 3.05) is 38.0 Å². The Hall–Kier alpha value is -2.29. The van der Waals surface area contributed by atoms with Crippen molar-refractivity contribution in [1.29, 1.82) is 0 Å². The molecular formula is C26H36F2N4O2. The summed E-state index contributed by atoms with van der Waals surface area (Å²) in [6.45, 7) is 3.36. The molecule has 2 saturated carbocycles. The van der Waals surface area contributed by atoms with Gasteiger partial charge in [-0.15, -0.1) is 0 Å². The molecule has 0 amide bonds. The number of nitrogens with one attached hydrogen (secondary N) is 3. The summed E-state index contributed by atoms with van der Waals surface area (Å²) in [5, 5.41) is 10.2. The van der Waals surface area contributed by atoms with Crippen molar-refractivity contribution in [3.8, 4) is 11.1 Å². The maximum Gasteiger partial charge on any atom is 0.149 e. The Morgan fingerprint density at radius 2 is 1.79 bits per heavy atom. The van der Waals surface area contributed by atoms with Crippen LogP contribution < -0.4 is 16.0 Å². The van der Waals surface area contributed by atoms with Gasteiger partial charge in [-0.05, 0) is 69.2 Å². The molecule has 186 valence electrons. The molecule has 34 heavy (non-hydrogen) atoms. The molecule has 1 aromatic carbocycles. The second-order valence-electron chi connectivity index (χ2n) is 9.70. The van der Waals surface area contributed by atoms with E-state index in [0.29, 0.717) is 47.9 Å². The second-order valence-corrected chi connectivity index (χ2v) is 9.70. The van der Waals surface area contributed by atoms with Gasteiger partial charge in [-0.1, -0.05) is 6.07 Å². The third kappa shape index (κ3) is 6.23. The fourth-order valence-corrected chi connectivity index (χ4v) is 4.73. The number of anilines is 2. The summed E-state index contributed by atoms with van der Waals surface area (Å²) in [6.07, 6.45) is 7.30. The first kappa shape index (κ1) is 24.8. The first-order chi connectivity index (χ1) is 16.4. The zero-order valence-electron chi connectivity index (χ0n) is 20.3. The van der Waals surface area contributed by atoms with Crippen LogP contribution in [-0.4, -0.2) is 56.1 Å². The van der Waals surface area contributed by atoms with E-state index >= 15 is 0 Å². The number of benzene rings is 1. The molecule has 0 bridgehead atoms. The number of hydrogen-bond donors (Lipinski definition) is 3. The summed E-state index contributed by atoms with van der Waals surface area (Å²) in [5.74, 6) is -0.164. The summed E-state index contributed by atoms with van der Waals surface area (Å²) in [5.41, 5.74) is 1.14. The van der Waals surface area contributed by atoms with Crippen molar-refractivity contribution in [1.82, 2.24) is 10.3 Å². The Balaban J connectivity index is 1.39. The molecule has 4 rings (SSSR count). The first-order valence-electron chi connectivity index (χ1n) is 12.2. The highest BCUT2D eigenvalue weighted by molar-refractivity contribution is 5.71. The summed E-state index contributed by atoms with van der Waals surface area (Å²) in [4.78, 5) is 4.25. The Bertz CT molecular complexity index is 962. The van der Waals surface area contributed by atoms with E-state index < -0.39 is 5.82 Å². The maximum absolute atomic E-state index is 14.7. The van der Waals surface area contributed by atoms with E-state index in [9.17, 15) is 8.78 Å². The van der Waals surface area contributed by atoms with E-state index in [1.165, 1.54) is 12.3 Å². The van der Waals surface area contributed by atoms with Crippen LogP contribution >= 0.6 is 0 Å². The number of methoxy groups -OCH3 is 2. The molecule has 2 aliphatic rings. The topological polar surface area (TPSA) is 67.4 Å². The molecule has 2 fully saturated rings. The molecule has 3 N–H and O–H groups in total. The predicted molar refractivity (Wildman–Crippen MR) is 131 cm³/mol. The first-order valence-corrected chi connectivity index (χ1v) is 12.2. The summed E-state index contributed by atoms with van der Waals surface area (Å²) < 4.78 is 39.8. The molecule has 0 spiro atoms. The van der Waals surface area contributed by atoms with Gasteiger partial charge in [0.05, 0.1) is 24.1 Å². The van der Waals surface area contributed by atoms with Gasteiger partial charge in [0.1, 0.15) is 17.5 Å². The van der Waals surface area contributed by atoms with Gasteiger partial charge in [0.25, 0.3) is 0 Å². The number of rotatable bonds is 11. The number of ether oxygens (including phenoxy) is 2. The lowest BCUT2D eigenvalue weighted by Crippen LogP contribution is -2.42. The van der Waals surface area contributed by atoms with E-state index in [-0.39, 0.29) is 17.5 Å². The van der Waals surface area contributed by atoms with Crippen molar-refractivity contribution in [3.05, 3.63) is 42.1 Å². The zero-order valence-corrected chi connectivity index (χ0v) is 20.3. The zero-order chi connectivity index (χ0) is 24.1. The predicted octanol–water partition coefficient (Wildman–Crippen LogP) is 4.97. The molecule has 0 saturated heterocycles. The second kappa shape index (κ2) is 11.0. The minimum Gasteiger partial charge on any atom is -0.383 e. The van der Waals surface area contributed by atoms with E-state index in [2.05, 4.69) is 27.9 Å². The Morgan fingerprint density at radius 3 is 2.47 bits per heavy atom. The molecule has 1 atom stereocenters. The van der Waals surface area contributed by atoms with Crippen molar-refractivity contribution in [2.45, 2.75) is 69.2 Å². The molecule has 1 heterocycles. The molecule has 6 nitrogen and oxygen atoms in total. The molecule has 0 unspecified atom stereocenters. The van der Waals surface area contributed by atoms with Gasteiger partial charge >= 0.3 is 0 Å². The number of hydrogen-bond acceptors (Lipinski definition) is 6. The molecule has 8 heteroatoms. The molecule has 2 aliphatic carbocycles. The van der Waals surface area contributed by atoms with Gasteiger partial charge < -0.3 is 25.4 Å². The van der Waals surface area contributed by atoms with E-state index in [4.69, 9.17) is 9.47 Å². The number of pyridine rings is 1. The molecule has 1 aromatic heterocycles. The normalized spacial score (nSPS) is 22.3. The van der Waals surface area contributed by atoms with E-state index in [1.807, 2.05) is 0 Å². The van der Waals surface area contributed by atoms with Crippen LogP contribution in [-0.2, 0) is 9.47 Å². The van der Waals surface area contributed by atoms with Crippen molar-refractivity contribution >= 4 is 11.5 Å². The lowest BCUT2D eigenvalue weighted by Gasteiger charge is -2.31. The number of aromatic nitrogens is 1. The summed E-state index contributed by atoms with van der Waals surface area (Å²) in [7, 11) is 3.39. The van der Waals surface area contributed by atoms with Crippen LogP contribution in [0.25, 0.3) is 11.1 Å². The third-order valence-corrected chi connectivity index (χ3v) is 6.99. The SMILES string of the molecule is COC[C@H](C)N[C@H]1CC[C@H](Nc2cc(-c3ccc(F)c(NCC4(OC)CC4)c3)c(F)cn2)CC1. The van der Waals surface area contributed by atoms with Crippen LogP contribution in [0.3, 0.4) is 0 Å². The van der Waals surface area contributed by atoms with Crippen molar-refractivity contribution in [3.63, 3.8) is 0 Å². The van der Waals surface area contributed by atoms with Gasteiger partial charge in [0.15, 0.2) is 0 Å². The van der Waals surface area contributed by atoms with Crippen LogP contribution in [0, 0.1) is 11.6 Å². The van der Waals surface area contributed by atoms with Crippen LogP contribution in [0.5, 0.6) is 0 Å². The smallest absolute Gasteiger partial charge is 0.149 e. The summed E-state index contributed by atoms with van der Waals surface area (Å²) in [6, 6.07) is 7.45. The Morgan fingerprint density at radius 1 is 1.06 bits per heavy atom. The van der Waals surface area contributed by atoms with Crippen LogP contribution in [0.2, 0.25) is 0 Å². The fourth-order valence-electron chi connectivity index (χ4n) is 4.73. The molecule has 0 aliphatic heterocycles. The van der Waals surface area contributed by atoms with Crippen molar-refractivity contribution < 1.29 is 18.3 Å². The van der Waals surface area contributed by atoms with E-state index in [0.717, 1.165) is 38.5 Å². The van der Waals surface area contributed by atoms with Crippen LogP contribution in [0.1, 0.15) is 45.4 Å². The van der Waals surface area contributed by atoms with Gasteiger partial charge in [0.2, 0.25) is 0 Å². The fraction of sp³-hybridized carbons (Fsp3) is 0.577. The molecule has 0 radical (unpaired) electrons. The maximum atomic E-state index is 14.7. The lowest BCUT2D eigenvalue weighted by atomic mass is 9.90. The Labute approximate surface area is 200 Å². The number of halogens is 2. The highest BCUT2D eigenvalue weighted by Crippen LogP contribution is 2.39. The number of nitrogens with zero attached hydrogens (tertiary/aromatic N) is 1. The minimum absolute atomic E-state index is 0.211. The Kier molecular flexibility index (Phi) is 8.01. The van der Waals surface area contributed by atoms with Gasteiger partial charge in [-0.25, -0.2) is 13.8 Å². The van der Waals surface area contributed by atoms with Crippen molar-refractivity contribution in [2.24, 2.45) is 0 Å². The summed E-state index contributed by atoms with van der Waals surface area (Å²) >= 11 is 0. The average Bonchev–Trinajstić information content (AvgIpc) is 3.62. The highest BCUT2D eigenvalue weighted by Gasteiger charge is 2.42. The standard InChI is InChI=1S/C26H36F2N4O2/c1-17(15-33-2)31-19-5-7-20(8-6-19)32-25-13-21(23(28)14-29-25)18-4-9-22(27)24(12-18)30-16-26(34-3)10-11-26/h4,9,12-14,17,19-20,30-31H,5-8,10-11,15-16H2,1-3H3,(H,29,32)/t17-,19-,20-/m0/s1. The highest BCUT2D eigenvalue weighted by atomic mass is 19.1. The lowest BCUT2D eigenvalue weighted by molar-refractivity contribution is 0.0914. The quantitative estimate of drug-likeness (QED) is 0.428. The minimum atomic E-state index is -0.432. The van der Waals surface area contributed by atoms with Gasteiger partial charge in [-0.2, -0.15) is 0 Å². The monoisotopic (exact) mass is 474 g/mol. The van der Waals surface area contributed by atoms with E-state index in [1.54, 1.807) is 32.4 Å². The average molecular weight is 475 g/mol. The molecular weight excluding hydrogens is 438 g/mol. The van der Waals surface area contributed by atoms with Gasteiger partial charge in [-0.3, -0.25) is 0 Å². The third-order valence-electron chi connectivity index (χ3n) is 6.99. The van der Waals surface area contributed by atoms with Crippen LogP contribution in [0.15, 0.2) is 30.5 Å². The van der Waals surface area contributed by atoms with Gasteiger partial charge in [0, 0.05) is 44.5 Å². The van der Waals surface area contributed by atoms with Crippen LogP contribution in [0.4, 0.5) is 20.3 Å².